The number of thioether (sulfide) groups is 1. The molecule has 2 unspecified atom stereocenters. The number of carbonyl (C=O) groups excluding carboxylic acids is 1. The maximum Gasteiger partial charge on any atom is 0.226 e. The van der Waals surface area contributed by atoms with Crippen molar-refractivity contribution in [1.29, 1.82) is 0 Å². The van der Waals surface area contributed by atoms with Gasteiger partial charge in [0.1, 0.15) is 0 Å². The van der Waals surface area contributed by atoms with Crippen LogP contribution in [0.3, 0.4) is 0 Å². The average Bonchev–Trinajstić information content (AvgIpc) is 3.23. The molecule has 148 valence electrons. The lowest BCUT2D eigenvalue weighted by Crippen LogP contribution is -2.34. The van der Waals surface area contributed by atoms with Crippen LogP contribution in [-0.2, 0) is 11.3 Å². The van der Waals surface area contributed by atoms with Gasteiger partial charge in [0.15, 0.2) is 0 Å². The molecule has 2 heterocycles. The summed E-state index contributed by atoms with van der Waals surface area (Å²) in [6, 6.07) is 16.1. The topological polar surface area (TPSA) is 56.4 Å². The van der Waals surface area contributed by atoms with Crippen molar-refractivity contribution in [2.45, 2.75) is 12.6 Å². The number of hydrazine groups is 1. The summed E-state index contributed by atoms with van der Waals surface area (Å²) >= 11 is 7.99. The number of nitrogens with zero attached hydrogens (tertiary/aromatic N) is 1. The highest BCUT2D eigenvalue weighted by atomic mass is 35.5. The normalized spacial score (nSPS) is 22.2. The summed E-state index contributed by atoms with van der Waals surface area (Å²) in [5.74, 6) is 2.27. The third-order valence-electron chi connectivity index (χ3n) is 5.33. The van der Waals surface area contributed by atoms with Gasteiger partial charge in [-0.25, -0.2) is 5.43 Å². The number of hydrogen-bond acceptors (Lipinski definition) is 5. The van der Waals surface area contributed by atoms with Gasteiger partial charge in [-0.15, -0.1) is 0 Å². The van der Waals surface area contributed by atoms with E-state index in [1.807, 2.05) is 36.0 Å². The number of benzene rings is 2. The fourth-order valence-electron chi connectivity index (χ4n) is 3.69. The molecule has 0 bridgehead atoms. The molecule has 2 aromatic rings. The molecule has 0 spiro atoms. The second-order valence-electron chi connectivity index (χ2n) is 7.14. The Morgan fingerprint density at radius 2 is 1.82 bits per heavy atom. The van der Waals surface area contributed by atoms with E-state index in [4.69, 9.17) is 11.6 Å². The van der Waals surface area contributed by atoms with E-state index in [2.05, 4.69) is 45.3 Å². The molecule has 2 aliphatic rings. The summed E-state index contributed by atoms with van der Waals surface area (Å²) in [4.78, 5) is 15.2. The standard InChI is InChI=1S/C21H25ClN4OS/c22-17-5-3-16(4-6-17)20-19(14-24-25-20)21(27)23-13-15-1-7-18(8-2-15)26-9-11-28-12-10-26/h1-8,19-20,24-25H,9-14H2,(H,23,27). The first-order chi connectivity index (χ1) is 13.7. The number of halogens is 1. The molecule has 3 N–H and O–H groups in total. The third kappa shape index (κ3) is 4.63. The molecule has 2 saturated heterocycles. The Labute approximate surface area is 175 Å². The lowest BCUT2D eigenvalue weighted by molar-refractivity contribution is -0.125. The first kappa shape index (κ1) is 19.6. The minimum absolute atomic E-state index is 0.0505. The lowest BCUT2D eigenvalue weighted by atomic mass is 9.94. The van der Waals surface area contributed by atoms with Gasteiger partial charge in [-0.3, -0.25) is 10.2 Å². The van der Waals surface area contributed by atoms with Crippen molar-refractivity contribution in [2.24, 2.45) is 5.92 Å². The average molecular weight is 417 g/mol. The number of rotatable bonds is 5. The van der Waals surface area contributed by atoms with Crippen LogP contribution < -0.4 is 21.1 Å². The number of nitrogens with one attached hydrogen (secondary N) is 3. The lowest BCUT2D eigenvalue weighted by Gasteiger charge is -2.28. The Morgan fingerprint density at radius 3 is 2.54 bits per heavy atom. The first-order valence-corrected chi connectivity index (χ1v) is 11.2. The van der Waals surface area contributed by atoms with E-state index in [1.54, 1.807) is 0 Å². The molecule has 4 rings (SSSR count). The maximum absolute atomic E-state index is 12.8. The van der Waals surface area contributed by atoms with Crippen molar-refractivity contribution in [3.05, 3.63) is 64.7 Å². The molecule has 0 radical (unpaired) electrons. The summed E-state index contributed by atoms with van der Waals surface area (Å²) in [5.41, 5.74) is 9.75. The molecule has 2 aromatic carbocycles. The number of amides is 1. The van der Waals surface area contributed by atoms with E-state index < -0.39 is 0 Å². The maximum atomic E-state index is 12.8. The van der Waals surface area contributed by atoms with Crippen LogP contribution in [0.4, 0.5) is 5.69 Å². The Morgan fingerprint density at radius 1 is 1.11 bits per heavy atom. The van der Waals surface area contributed by atoms with E-state index in [-0.39, 0.29) is 17.9 Å². The van der Waals surface area contributed by atoms with E-state index in [0.29, 0.717) is 18.1 Å². The van der Waals surface area contributed by atoms with Crippen LogP contribution in [0.2, 0.25) is 5.02 Å². The van der Waals surface area contributed by atoms with E-state index in [9.17, 15) is 4.79 Å². The SMILES string of the molecule is O=C(NCc1ccc(N2CCSCC2)cc1)C1CNNC1c1ccc(Cl)cc1. The number of hydrogen-bond donors (Lipinski definition) is 3. The van der Waals surface area contributed by atoms with Gasteiger partial charge < -0.3 is 10.2 Å². The summed E-state index contributed by atoms with van der Waals surface area (Å²) < 4.78 is 0. The van der Waals surface area contributed by atoms with Crippen molar-refractivity contribution in [1.82, 2.24) is 16.2 Å². The Bertz CT molecular complexity index is 793. The summed E-state index contributed by atoms with van der Waals surface area (Å²) in [7, 11) is 0. The van der Waals surface area contributed by atoms with Gasteiger partial charge in [0.2, 0.25) is 5.91 Å². The van der Waals surface area contributed by atoms with Gasteiger partial charge in [0, 0.05) is 48.4 Å². The van der Waals surface area contributed by atoms with E-state index in [0.717, 1.165) is 24.2 Å². The predicted molar refractivity (Wildman–Crippen MR) is 117 cm³/mol. The van der Waals surface area contributed by atoms with Crippen LogP contribution >= 0.6 is 23.4 Å². The van der Waals surface area contributed by atoms with Gasteiger partial charge in [0.05, 0.1) is 12.0 Å². The number of carbonyl (C=O) groups is 1. The molecule has 7 heteroatoms. The highest BCUT2D eigenvalue weighted by molar-refractivity contribution is 7.99. The second kappa shape index (κ2) is 9.18. The van der Waals surface area contributed by atoms with Gasteiger partial charge in [0.25, 0.3) is 0 Å². The molecule has 0 aromatic heterocycles. The fraction of sp³-hybridized carbons (Fsp3) is 0.381. The van der Waals surface area contributed by atoms with E-state index in [1.165, 1.54) is 17.2 Å². The van der Waals surface area contributed by atoms with Gasteiger partial charge in [-0.2, -0.15) is 11.8 Å². The summed E-state index contributed by atoms with van der Waals surface area (Å²) in [5, 5.41) is 3.79. The zero-order valence-electron chi connectivity index (χ0n) is 15.7. The van der Waals surface area contributed by atoms with Crippen LogP contribution in [0.25, 0.3) is 0 Å². The molecule has 1 amide bonds. The molecule has 2 atom stereocenters. The molecule has 2 fully saturated rings. The Balaban J connectivity index is 1.33. The highest BCUT2D eigenvalue weighted by Crippen LogP contribution is 2.26. The van der Waals surface area contributed by atoms with Crippen LogP contribution in [0.5, 0.6) is 0 Å². The van der Waals surface area contributed by atoms with Crippen molar-refractivity contribution in [3.63, 3.8) is 0 Å². The zero-order chi connectivity index (χ0) is 19.3. The smallest absolute Gasteiger partial charge is 0.226 e. The third-order valence-corrected chi connectivity index (χ3v) is 6.52. The molecule has 28 heavy (non-hydrogen) atoms. The minimum Gasteiger partial charge on any atom is -0.370 e. The second-order valence-corrected chi connectivity index (χ2v) is 8.81. The van der Waals surface area contributed by atoms with Crippen LogP contribution in [-0.4, -0.2) is 37.0 Å². The summed E-state index contributed by atoms with van der Waals surface area (Å²) in [6.07, 6.45) is 0. The van der Waals surface area contributed by atoms with Crippen molar-refractivity contribution < 1.29 is 4.79 Å². The first-order valence-electron chi connectivity index (χ1n) is 9.64. The van der Waals surface area contributed by atoms with Gasteiger partial charge in [-0.05, 0) is 35.4 Å². The predicted octanol–water partition coefficient (Wildman–Crippen LogP) is 2.97. The number of anilines is 1. The molecular formula is C21H25ClN4OS. The minimum atomic E-state index is -0.161. The quantitative estimate of drug-likeness (QED) is 0.699. The van der Waals surface area contributed by atoms with Crippen molar-refractivity contribution in [2.75, 3.05) is 36.0 Å². The monoisotopic (exact) mass is 416 g/mol. The Kier molecular flexibility index (Phi) is 6.42. The van der Waals surface area contributed by atoms with E-state index >= 15 is 0 Å². The fourth-order valence-corrected chi connectivity index (χ4v) is 4.72. The molecule has 2 aliphatic heterocycles. The molecule has 0 saturated carbocycles. The zero-order valence-corrected chi connectivity index (χ0v) is 17.2. The van der Waals surface area contributed by atoms with Crippen molar-refractivity contribution >= 4 is 35.0 Å². The molecule has 5 nitrogen and oxygen atoms in total. The largest absolute Gasteiger partial charge is 0.370 e. The highest BCUT2D eigenvalue weighted by Gasteiger charge is 2.33. The van der Waals surface area contributed by atoms with Crippen LogP contribution in [0.1, 0.15) is 17.2 Å². The Hall–Kier alpha value is -1.73. The van der Waals surface area contributed by atoms with Crippen LogP contribution in [0, 0.1) is 5.92 Å². The van der Waals surface area contributed by atoms with Crippen LogP contribution in [0.15, 0.2) is 48.5 Å². The van der Waals surface area contributed by atoms with Crippen molar-refractivity contribution in [3.8, 4) is 0 Å². The van der Waals surface area contributed by atoms with Gasteiger partial charge >= 0.3 is 0 Å². The summed E-state index contributed by atoms with van der Waals surface area (Å²) in [6.45, 7) is 3.35. The van der Waals surface area contributed by atoms with Gasteiger partial charge in [-0.1, -0.05) is 35.9 Å². The molecular weight excluding hydrogens is 392 g/mol. The molecule has 0 aliphatic carbocycles.